The second-order valence-corrected chi connectivity index (χ2v) is 9.31. The second-order valence-electron chi connectivity index (χ2n) is 6.72. The van der Waals surface area contributed by atoms with Gasteiger partial charge in [-0.1, -0.05) is 39.9 Å². The van der Waals surface area contributed by atoms with Gasteiger partial charge in [-0.2, -0.15) is 0 Å². The highest BCUT2D eigenvalue weighted by Gasteiger charge is 2.38. The van der Waals surface area contributed by atoms with Crippen LogP contribution >= 0.6 is 39.9 Å². The number of thiocarbonyl (C=S) groups is 1. The first-order chi connectivity index (χ1) is 15.2. The number of nitrogens with zero attached hydrogens (tertiary/aromatic N) is 1. The van der Waals surface area contributed by atoms with Crippen molar-refractivity contribution in [3.05, 3.63) is 63.0 Å². The molecule has 2 amide bonds. The Labute approximate surface area is 202 Å². The van der Waals surface area contributed by atoms with Crippen LogP contribution in [0.4, 0.5) is 5.69 Å². The van der Waals surface area contributed by atoms with Crippen LogP contribution in [0.15, 0.2) is 51.8 Å². The van der Waals surface area contributed by atoms with Gasteiger partial charge in [0.05, 0.1) is 17.1 Å². The summed E-state index contributed by atoms with van der Waals surface area (Å²) in [5, 5.41) is 12.8. The average Bonchev–Trinajstić information content (AvgIpc) is 3.03. The van der Waals surface area contributed by atoms with Gasteiger partial charge in [0.15, 0.2) is 0 Å². The molecular formula is C22H19BrN2O5S2. The molecule has 1 unspecified atom stereocenters. The number of aromatic hydroxyl groups is 1. The summed E-state index contributed by atoms with van der Waals surface area (Å²) < 4.78 is 5.93. The van der Waals surface area contributed by atoms with E-state index in [1.165, 1.54) is 17.0 Å². The van der Waals surface area contributed by atoms with Crippen LogP contribution in [0.1, 0.15) is 29.8 Å². The molecule has 1 heterocycles. The van der Waals surface area contributed by atoms with Crippen LogP contribution in [0.5, 0.6) is 5.75 Å². The number of hydrogen-bond acceptors (Lipinski definition) is 7. The summed E-state index contributed by atoms with van der Waals surface area (Å²) in [7, 11) is 0. The number of carbonyl (C=O) groups excluding carboxylic acids is 3. The summed E-state index contributed by atoms with van der Waals surface area (Å²) >= 11 is 9.72. The molecule has 10 heteroatoms. The third kappa shape index (κ3) is 5.37. The number of rotatable bonds is 6. The Hall–Kier alpha value is -2.69. The van der Waals surface area contributed by atoms with E-state index in [2.05, 4.69) is 21.2 Å². The Balaban J connectivity index is 1.72. The molecule has 7 nitrogen and oxygen atoms in total. The fourth-order valence-corrected chi connectivity index (χ4v) is 4.65. The molecule has 1 fully saturated rings. The van der Waals surface area contributed by atoms with E-state index < -0.39 is 23.8 Å². The zero-order valence-corrected chi connectivity index (χ0v) is 20.3. The number of carbonyl (C=O) groups is 3. The quantitative estimate of drug-likeness (QED) is 0.318. The number of hydrogen-bond donors (Lipinski definition) is 2. The standard InChI is InChI=1S/C22H19BrN2O5S2/c1-3-30-21(29)13-4-7-16(8-5-13)24-19(27)12(2)25-20(28)18(32-22(25)31)11-14-10-15(23)6-9-17(14)26/h4-12,26H,3H2,1-2H3,(H,24,27)/b18-11-. The number of phenols is 1. The smallest absolute Gasteiger partial charge is 0.338 e. The maximum absolute atomic E-state index is 12.9. The lowest BCUT2D eigenvalue weighted by molar-refractivity contribution is -0.129. The van der Waals surface area contributed by atoms with Crippen molar-refractivity contribution >= 4 is 73.8 Å². The minimum Gasteiger partial charge on any atom is -0.507 e. The van der Waals surface area contributed by atoms with E-state index in [0.29, 0.717) is 21.7 Å². The molecule has 0 spiro atoms. The van der Waals surface area contributed by atoms with E-state index in [0.717, 1.165) is 16.2 Å². The number of phenolic OH excluding ortho intramolecular Hbond substituents is 1. The van der Waals surface area contributed by atoms with Gasteiger partial charge in [0, 0.05) is 15.7 Å². The summed E-state index contributed by atoms with van der Waals surface area (Å²) in [4.78, 5) is 39.0. The van der Waals surface area contributed by atoms with Gasteiger partial charge >= 0.3 is 5.97 Å². The van der Waals surface area contributed by atoms with E-state index >= 15 is 0 Å². The van der Waals surface area contributed by atoms with Crippen molar-refractivity contribution in [1.29, 1.82) is 0 Å². The van der Waals surface area contributed by atoms with Gasteiger partial charge < -0.3 is 15.2 Å². The van der Waals surface area contributed by atoms with Crippen molar-refractivity contribution in [2.75, 3.05) is 11.9 Å². The fraction of sp³-hybridized carbons (Fsp3) is 0.182. The van der Waals surface area contributed by atoms with Crippen molar-refractivity contribution in [2.24, 2.45) is 0 Å². The summed E-state index contributed by atoms with van der Waals surface area (Å²) in [5.41, 5.74) is 1.30. The molecule has 2 aromatic carbocycles. The highest BCUT2D eigenvalue weighted by atomic mass is 79.9. The highest BCUT2D eigenvalue weighted by Crippen LogP contribution is 2.36. The lowest BCUT2D eigenvalue weighted by atomic mass is 10.1. The Bertz CT molecular complexity index is 1120. The first-order valence-electron chi connectivity index (χ1n) is 9.55. The molecule has 166 valence electrons. The van der Waals surface area contributed by atoms with Crippen molar-refractivity contribution < 1.29 is 24.2 Å². The van der Waals surface area contributed by atoms with Crippen LogP contribution in [0, 0.1) is 0 Å². The van der Waals surface area contributed by atoms with Gasteiger partial charge in [0.1, 0.15) is 16.1 Å². The number of benzene rings is 2. The maximum atomic E-state index is 12.9. The van der Waals surface area contributed by atoms with E-state index in [1.54, 1.807) is 50.2 Å². The van der Waals surface area contributed by atoms with Crippen LogP contribution in [-0.2, 0) is 14.3 Å². The number of thioether (sulfide) groups is 1. The zero-order chi connectivity index (χ0) is 23.4. The van der Waals surface area contributed by atoms with Crippen molar-refractivity contribution in [2.45, 2.75) is 19.9 Å². The second kappa shape index (κ2) is 10.3. The van der Waals surface area contributed by atoms with Crippen LogP contribution in [0.25, 0.3) is 6.08 Å². The van der Waals surface area contributed by atoms with Crippen LogP contribution < -0.4 is 5.32 Å². The molecule has 2 aromatic rings. The first kappa shape index (κ1) is 24.0. The lowest BCUT2D eigenvalue weighted by Crippen LogP contribution is -2.44. The monoisotopic (exact) mass is 534 g/mol. The van der Waals surface area contributed by atoms with E-state index in [9.17, 15) is 19.5 Å². The summed E-state index contributed by atoms with van der Waals surface area (Å²) in [6, 6.07) is 10.3. The third-order valence-electron chi connectivity index (χ3n) is 4.53. The largest absolute Gasteiger partial charge is 0.507 e. The van der Waals surface area contributed by atoms with Crippen molar-refractivity contribution in [3.63, 3.8) is 0 Å². The van der Waals surface area contributed by atoms with Crippen LogP contribution in [0.3, 0.4) is 0 Å². The van der Waals surface area contributed by atoms with Crippen molar-refractivity contribution in [3.8, 4) is 5.75 Å². The van der Waals surface area contributed by atoms with Crippen LogP contribution in [0.2, 0.25) is 0 Å². The van der Waals surface area contributed by atoms with Crippen molar-refractivity contribution in [1.82, 2.24) is 4.90 Å². The van der Waals surface area contributed by atoms with E-state index in [-0.39, 0.29) is 16.7 Å². The zero-order valence-electron chi connectivity index (χ0n) is 17.1. The predicted octanol–water partition coefficient (Wildman–Crippen LogP) is 4.56. The van der Waals surface area contributed by atoms with Gasteiger partial charge in [-0.05, 0) is 62.4 Å². The molecule has 0 aliphatic carbocycles. The summed E-state index contributed by atoms with van der Waals surface area (Å²) in [5.74, 6) is -1.27. The molecule has 1 aliphatic rings. The van der Waals surface area contributed by atoms with Gasteiger partial charge in [-0.15, -0.1) is 0 Å². The number of esters is 1. The van der Waals surface area contributed by atoms with Gasteiger partial charge in [0.25, 0.3) is 5.91 Å². The van der Waals surface area contributed by atoms with E-state index in [4.69, 9.17) is 17.0 Å². The summed E-state index contributed by atoms with van der Waals surface area (Å²) in [6.45, 7) is 3.57. The number of halogens is 1. The van der Waals surface area contributed by atoms with E-state index in [1.807, 2.05) is 0 Å². The number of anilines is 1. The van der Waals surface area contributed by atoms with Gasteiger partial charge in [-0.3, -0.25) is 14.5 Å². The Morgan fingerprint density at radius 3 is 2.62 bits per heavy atom. The molecule has 1 saturated heterocycles. The average molecular weight is 535 g/mol. The molecule has 1 aliphatic heterocycles. The Kier molecular flexibility index (Phi) is 7.70. The Morgan fingerprint density at radius 2 is 1.97 bits per heavy atom. The van der Waals surface area contributed by atoms with Crippen LogP contribution in [-0.4, -0.2) is 44.8 Å². The molecule has 0 saturated carbocycles. The van der Waals surface area contributed by atoms with Gasteiger partial charge in [0.2, 0.25) is 5.91 Å². The normalized spacial score (nSPS) is 15.7. The third-order valence-corrected chi connectivity index (χ3v) is 6.35. The molecule has 3 rings (SSSR count). The minimum atomic E-state index is -0.866. The molecule has 0 aromatic heterocycles. The summed E-state index contributed by atoms with van der Waals surface area (Å²) in [6.07, 6.45) is 1.54. The lowest BCUT2D eigenvalue weighted by Gasteiger charge is -2.22. The Morgan fingerprint density at radius 1 is 1.28 bits per heavy atom. The molecule has 0 bridgehead atoms. The molecule has 32 heavy (non-hydrogen) atoms. The van der Waals surface area contributed by atoms with Gasteiger partial charge in [-0.25, -0.2) is 4.79 Å². The number of nitrogens with one attached hydrogen (secondary N) is 1. The number of amides is 2. The molecule has 1 atom stereocenters. The number of ether oxygens (including phenoxy) is 1. The molecular weight excluding hydrogens is 516 g/mol. The molecule has 0 radical (unpaired) electrons. The maximum Gasteiger partial charge on any atom is 0.338 e. The highest BCUT2D eigenvalue weighted by molar-refractivity contribution is 9.10. The molecule has 2 N–H and O–H groups in total. The topological polar surface area (TPSA) is 95.9 Å². The fourth-order valence-electron chi connectivity index (χ4n) is 2.86. The predicted molar refractivity (Wildman–Crippen MR) is 131 cm³/mol. The first-order valence-corrected chi connectivity index (χ1v) is 11.6. The SMILES string of the molecule is CCOC(=O)c1ccc(NC(=O)C(C)N2C(=O)/C(=C/c3cc(Br)ccc3O)SC2=S)cc1. The minimum absolute atomic E-state index is 0.0236.